The first-order valence-corrected chi connectivity index (χ1v) is 8.57. The summed E-state index contributed by atoms with van der Waals surface area (Å²) >= 11 is 0. The Balaban J connectivity index is 1.56. The first kappa shape index (κ1) is 15.2. The van der Waals surface area contributed by atoms with E-state index in [1.807, 2.05) is 43.0 Å². The summed E-state index contributed by atoms with van der Waals surface area (Å²) in [5.41, 5.74) is 1.10. The van der Waals surface area contributed by atoms with Crippen LogP contribution in [0.1, 0.15) is 55.9 Å². The van der Waals surface area contributed by atoms with Crippen LogP contribution >= 0.6 is 0 Å². The van der Waals surface area contributed by atoms with Crippen LogP contribution in [0.3, 0.4) is 0 Å². The molecule has 0 aliphatic carbocycles. The van der Waals surface area contributed by atoms with E-state index in [4.69, 9.17) is 9.26 Å². The van der Waals surface area contributed by atoms with Gasteiger partial charge in [0.2, 0.25) is 5.89 Å². The molecule has 0 N–H and O–H groups in total. The molecule has 0 radical (unpaired) electrons. The zero-order valence-electron chi connectivity index (χ0n) is 13.9. The lowest BCUT2D eigenvalue weighted by atomic mass is 9.96. The Morgan fingerprint density at radius 3 is 2.96 bits per heavy atom. The van der Waals surface area contributed by atoms with Crippen LogP contribution in [-0.4, -0.2) is 33.6 Å². The normalized spacial score (nSPS) is 25.6. The highest BCUT2D eigenvalue weighted by molar-refractivity contribution is 5.84. The third kappa shape index (κ3) is 2.37. The number of amides is 1. The number of aromatic nitrogens is 2. The van der Waals surface area contributed by atoms with Crippen molar-refractivity contribution >= 4 is 5.91 Å². The summed E-state index contributed by atoms with van der Waals surface area (Å²) in [4.78, 5) is 19.4. The fourth-order valence-electron chi connectivity index (χ4n) is 3.64. The zero-order valence-corrected chi connectivity index (χ0v) is 13.9. The predicted molar refractivity (Wildman–Crippen MR) is 86.6 cm³/mol. The number of fused-ring (bicyclic) bond motifs is 1. The van der Waals surface area contributed by atoms with E-state index >= 15 is 0 Å². The van der Waals surface area contributed by atoms with Crippen molar-refractivity contribution in [2.24, 2.45) is 0 Å². The molecule has 1 saturated heterocycles. The Hall–Kier alpha value is -2.37. The highest BCUT2D eigenvalue weighted by Gasteiger charge is 2.43. The second-order valence-electron chi connectivity index (χ2n) is 6.45. The lowest BCUT2D eigenvalue weighted by Crippen LogP contribution is -2.42. The van der Waals surface area contributed by atoms with Gasteiger partial charge in [-0.1, -0.05) is 37.2 Å². The molecule has 1 fully saturated rings. The van der Waals surface area contributed by atoms with Gasteiger partial charge < -0.3 is 14.2 Å². The Bertz CT molecular complexity index is 757. The minimum Gasteiger partial charge on any atom is -0.480 e. The van der Waals surface area contributed by atoms with Crippen LogP contribution in [0.4, 0.5) is 0 Å². The quantitative estimate of drug-likeness (QED) is 0.867. The summed E-state index contributed by atoms with van der Waals surface area (Å²) in [5.74, 6) is 2.10. The average molecular weight is 327 g/mol. The van der Waals surface area contributed by atoms with Crippen molar-refractivity contribution in [2.75, 3.05) is 6.54 Å². The number of hydrogen-bond donors (Lipinski definition) is 0. The highest BCUT2D eigenvalue weighted by atomic mass is 16.5. The number of rotatable bonds is 3. The summed E-state index contributed by atoms with van der Waals surface area (Å²) in [6.45, 7) is 4.73. The molecule has 0 spiro atoms. The van der Waals surface area contributed by atoms with Crippen LogP contribution in [-0.2, 0) is 11.2 Å². The van der Waals surface area contributed by atoms with Crippen molar-refractivity contribution in [2.45, 2.75) is 51.2 Å². The lowest BCUT2D eigenvalue weighted by molar-refractivity contribution is -0.139. The molecular weight excluding hydrogens is 306 g/mol. The lowest BCUT2D eigenvalue weighted by Gasteiger charge is -2.26. The van der Waals surface area contributed by atoms with Gasteiger partial charge in [0.15, 0.2) is 11.9 Å². The molecule has 1 aromatic carbocycles. The third-order valence-electron chi connectivity index (χ3n) is 4.98. The summed E-state index contributed by atoms with van der Waals surface area (Å²) in [5, 5.41) is 4.07. The standard InChI is InChI=1S/C18H21N3O3/c1-3-15-19-17(20-24-15)13-8-6-10-21(13)18(22)16-11(2)12-7-4-5-9-14(12)23-16/h4-5,7,9,11,13,16H,3,6,8,10H2,1-2H3/t11-,13+,16-/m1/s1. The first-order chi connectivity index (χ1) is 11.7. The van der Waals surface area contributed by atoms with Gasteiger partial charge in [0.05, 0.1) is 6.04 Å². The molecule has 2 aliphatic rings. The first-order valence-electron chi connectivity index (χ1n) is 8.57. The Kier molecular flexibility index (Phi) is 3.75. The van der Waals surface area contributed by atoms with Crippen molar-refractivity contribution in [3.63, 3.8) is 0 Å². The van der Waals surface area contributed by atoms with Gasteiger partial charge in [-0.15, -0.1) is 0 Å². The van der Waals surface area contributed by atoms with Gasteiger partial charge in [-0.2, -0.15) is 4.98 Å². The smallest absolute Gasteiger partial charge is 0.264 e. The average Bonchev–Trinajstić information content (AvgIpc) is 3.32. The van der Waals surface area contributed by atoms with Crippen molar-refractivity contribution in [1.82, 2.24) is 15.0 Å². The third-order valence-corrected chi connectivity index (χ3v) is 4.98. The maximum absolute atomic E-state index is 13.1. The van der Waals surface area contributed by atoms with Crippen LogP contribution in [0.2, 0.25) is 0 Å². The topological polar surface area (TPSA) is 68.5 Å². The molecule has 3 heterocycles. The van der Waals surface area contributed by atoms with Gasteiger partial charge in [0, 0.05) is 24.4 Å². The molecule has 2 aromatic rings. The maximum Gasteiger partial charge on any atom is 0.264 e. The van der Waals surface area contributed by atoms with Crippen LogP contribution in [0.25, 0.3) is 0 Å². The molecule has 0 bridgehead atoms. The van der Waals surface area contributed by atoms with E-state index < -0.39 is 6.10 Å². The molecule has 1 amide bonds. The molecule has 4 rings (SSSR count). The number of aryl methyl sites for hydroxylation is 1. The van der Waals surface area contributed by atoms with Gasteiger partial charge in [-0.25, -0.2) is 0 Å². The molecule has 6 nitrogen and oxygen atoms in total. The number of carbonyl (C=O) groups is 1. The Morgan fingerprint density at radius 2 is 2.21 bits per heavy atom. The molecule has 0 saturated carbocycles. The molecular formula is C18H21N3O3. The van der Waals surface area contributed by atoms with E-state index in [-0.39, 0.29) is 17.9 Å². The van der Waals surface area contributed by atoms with Gasteiger partial charge in [0.1, 0.15) is 5.75 Å². The number of likely N-dealkylation sites (tertiary alicyclic amines) is 1. The second kappa shape index (κ2) is 5.92. The van der Waals surface area contributed by atoms with Crippen molar-refractivity contribution in [1.29, 1.82) is 0 Å². The number of carbonyl (C=O) groups excluding carboxylic acids is 1. The molecule has 3 atom stereocenters. The highest BCUT2D eigenvalue weighted by Crippen LogP contribution is 2.40. The summed E-state index contributed by atoms with van der Waals surface area (Å²) in [6, 6.07) is 7.76. The SMILES string of the molecule is CCc1nc([C@@H]2CCCN2C(=O)[C@@H]2Oc3ccccc3[C@H]2C)no1. The monoisotopic (exact) mass is 327 g/mol. The number of para-hydroxylation sites is 1. The van der Waals surface area contributed by atoms with E-state index in [0.29, 0.717) is 24.7 Å². The van der Waals surface area contributed by atoms with E-state index in [2.05, 4.69) is 10.1 Å². The van der Waals surface area contributed by atoms with Crippen LogP contribution in [0.5, 0.6) is 5.75 Å². The fraction of sp³-hybridized carbons (Fsp3) is 0.500. The Labute approximate surface area is 140 Å². The number of nitrogens with zero attached hydrogens (tertiary/aromatic N) is 3. The van der Waals surface area contributed by atoms with Gasteiger partial charge in [-0.05, 0) is 18.9 Å². The number of benzene rings is 1. The number of ether oxygens (including phenoxy) is 1. The molecule has 6 heteroatoms. The van der Waals surface area contributed by atoms with Crippen LogP contribution in [0, 0.1) is 0 Å². The molecule has 2 aliphatic heterocycles. The van der Waals surface area contributed by atoms with E-state index in [9.17, 15) is 4.79 Å². The van der Waals surface area contributed by atoms with Crippen LogP contribution in [0.15, 0.2) is 28.8 Å². The fourth-order valence-corrected chi connectivity index (χ4v) is 3.64. The number of hydrogen-bond acceptors (Lipinski definition) is 5. The summed E-state index contributed by atoms with van der Waals surface area (Å²) < 4.78 is 11.2. The second-order valence-corrected chi connectivity index (χ2v) is 6.45. The minimum absolute atomic E-state index is 0.0176. The zero-order chi connectivity index (χ0) is 16.7. The molecule has 0 unspecified atom stereocenters. The van der Waals surface area contributed by atoms with Crippen molar-refractivity contribution < 1.29 is 14.1 Å². The van der Waals surface area contributed by atoms with Crippen LogP contribution < -0.4 is 4.74 Å². The van der Waals surface area contributed by atoms with E-state index in [0.717, 1.165) is 24.2 Å². The van der Waals surface area contributed by atoms with E-state index in [1.165, 1.54) is 0 Å². The van der Waals surface area contributed by atoms with Crippen molar-refractivity contribution in [3.05, 3.63) is 41.5 Å². The minimum atomic E-state index is -0.472. The molecule has 1 aromatic heterocycles. The van der Waals surface area contributed by atoms with Gasteiger partial charge >= 0.3 is 0 Å². The predicted octanol–water partition coefficient (Wildman–Crippen LogP) is 2.86. The summed E-state index contributed by atoms with van der Waals surface area (Å²) in [6.07, 6.45) is 2.04. The summed E-state index contributed by atoms with van der Waals surface area (Å²) in [7, 11) is 0. The van der Waals surface area contributed by atoms with Gasteiger partial charge in [0.25, 0.3) is 5.91 Å². The largest absolute Gasteiger partial charge is 0.480 e. The maximum atomic E-state index is 13.1. The molecule has 24 heavy (non-hydrogen) atoms. The van der Waals surface area contributed by atoms with Crippen molar-refractivity contribution in [3.8, 4) is 5.75 Å². The molecule has 126 valence electrons. The van der Waals surface area contributed by atoms with E-state index in [1.54, 1.807) is 0 Å². The Morgan fingerprint density at radius 1 is 1.38 bits per heavy atom. The van der Waals surface area contributed by atoms with Gasteiger partial charge in [-0.3, -0.25) is 4.79 Å².